The van der Waals surface area contributed by atoms with E-state index in [0.717, 1.165) is 49.2 Å². The molecule has 3 rings (SSSR count). The Morgan fingerprint density at radius 1 is 1.28 bits per heavy atom. The average molecular weight is 349 g/mol. The van der Waals surface area contributed by atoms with Crippen molar-refractivity contribution in [3.05, 3.63) is 35.5 Å². The second-order valence-electron chi connectivity index (χ2n) is 6.07. The number of rotatable bonds is 3. The van der Waals surface area contributed by atoms with Gasteiger partial charge in [0.25, 0.3) is 0 Å². The van der Waals surface area contributed by atoms with Crippen LogP contribution in [0.2, 0.25) is 0 Å². The van der Waals surface area contributed by atoms with Crippen molar-refractivity contribution in [2.45, 2.75) is 44.8 Å². The average Bonchev–Trinajstić information content (AvgIpc) is 3.05. The summed E-state index contributed by atoms with van der Waals surface area (Å²) in [4.78, 5) is 3.17. The quantitative estimate of drug-likeness (QED) is 0.842. The molecule has 2 aromatic rings. The van der Waals surface area contributed by atoms with Crippen molar-refractivity contribution in [2.75, 3.05) is 11.4 Å². The van der Waals surface area contributed by atoms with Crippen LogP contribution in [0, 0.1) is 11.3 Å². The zero-order chi connectivity index (χ0) is 18.0. The van der Waals surface area contributed by atoms with Gasteiger partial charge in [-0.25, -0.2) is 0 Å². The van der Waals surface area contributed by atoms with E-state index < -0.39 is 11.7 Å². The molecule has 25 heavy (non-hydrogen) atoms. The van der Waals surface area contributed by atoms with E-state index in [9.17, 15) is 18.4 Å². The number of nitrogens with zero attached hydrogens (tertiary/aromatic N) is 5. The Labute approximate surface area is 143 Å². The van der Waals surface area contributed by atoms with Crippen molar-refractivity contribution in [2.24, 2.45) is 0 Å². The van der Waals surface area contributed by atoms with Crippen LogP contribution in [0.3, 0.4) is 0 Å². The predicted octanol–water partition coefficient (Wildman–Crippen LogP) is 3.93. The van der Waals surface area contributed by atoms with Crippen molar-refractivity contribution < 1.29 is 13.2 Å². The van der Waals surface area contributed by atoms with E-state index in [1.807, 2.05) is 6.07 Å². The summed E-state index contributed by atoms with van der Waals surface area (Å²) in [5, 5.41) is 17.8. The van der Waals surface area contributed by atoms with E-state index in [1.165, 1.54) is 12.1 Å². The second kappa shape index (κ2) is 6.75. The highest BCUT2D eigenvalue weighted by Gasteiger charge is 2.31. The lowest BCUT2D eigenvalue weighted by molar-refractivity contribution is -0.137. The van der Waals surface area contributed by atoms with Gasteiger partial charge in [-0.15, -0.1) is 15.0 Å². The lowest BCUT2D eigenvalue weighted by atomic mass is 10.00. The van der Waals surface area contributed by atoms with Crippen molar-refractivity contribution in [3.63, 3.8) is 0 Å². The fourth-order valence-electron chi connectivity index (χ4n) is 3.19. The minimum Gasteiger partial charge on any atom is -0.350 e. The Hall–Kier alpha value is -2.56. The lowest BCUT2D eigenvalue weighted by Gasteiger charge is -2.35. The first kappa shape index (κ1) is 17.3. The number of piperidine rings is 1. The highest BCUT2D eigenvalue weighted by Crippen LogP contribution is 2.31. The number of anilines is 1. The molecule has 0 aliphatic carbocycles. The molecule has 1 atom stereocenters. The Balaban J connectivity index is 2.00. The molecule has 5 nitrogen and oxygen atoms in total. The molecule has 1 fully saturated rings. The molecule has 0 bridgehead atoms. The zero-order valence-corrected chi connectivity index (χ0v) is 13.8. The summed E-state index contributed by atoms with van der Waals surface area (Å²) in [6.45, 7) is 2.85. The SMILES string of the molecule is CC[C@H]1CCCCN1c1nn(-c2cccc(C(F)(F)F)c2)nc1C#N. The minimum absolute atomic E-state index is 0.137. The van der Waals surface area contributed by atoms with Crippen LogP contribution in [0.5, 0.6) is 0 Å². The molecule has 0 N–H and O–H groups in total. The van der Waals surface area contributed by atoms with Gasteiger partial charge in [-0.1, -0.05) is 13.0 Å². The molecule has 1 saturated heterocycles. The number of hydrogen-bond donors (Lipinski definition) is 0. The molecule has 2 heterocycles. The fourth-order valence-corrected chi connectivity index (χ4v) is 3.19. The summed E-state index contributed by atoms with van der Waals surface area (Å²) in [6.07, 6.45) is -0.389. The van der Waals surface area contributed by atoms with Crippen LogP contribution in [-0.4, -0.2) is 27.6 Å². The number of hydrogen-bond acceptors (Lipinski definition) is 4. The first-order valence-electron chi connectivity index (χ1n) is 8.25. The van der Waals surface area contributed by atoms with E-state index in [2.05, 4.69) is 22.0 Å². The molecule has 0 radical (unpaired) electrons. The third kappa shape index (κ3) is 3.45. The van der Waals surface area contributed by atoms with Crippen LogP contribution < -0.4 is 4.90 Å². The van der Waals surface area contributed by atoms with Crippen LogP contribution in [0.4, 0.5) is 19.0 Å². The summed E-state index contributed by atoms with van der Waals surface area (Å²) in [7, 11) is 0. The highest BCUT2D eigenvalue weighted by atomic mass is 19.4. The Bertz CT molecular complexity index is 790. The van der Waals surface area contributed by atoms with Gasteiger partial charge in [0.05, 0.1) is 11.3 Å². The van der Waals surface area contributed by atoms with Gasteiger partial charge in [-0.3, -0.25) is 0 Å². The number of benzene rings is 1. The summed E-state index contributed by atoms with van der Waals surface area (Å²) in [5.74, 6) is 0.450. The van der Waals surface area contributed by atoms with Crippen molar-refractivity contribution in [3.8, 4) is 11.8 Å². The van der Waals surface area contributed by atoms with Crippen LogP contribution in [0.25, 0.3) is 5.69 Å². The maximum atomic E-state index is 12.9. The molecule has 0 spiro atoms. The van der Waals surface area contributed by atoms with Gasteiger partial charge in [0.15, 0.2) is 5.82 Å². The molecule has 0 amide bonds. The maximum absolute atomic E-state index is 12.9. The summed E-state index contributed by atoms with van der Waals surface area (Å²) >= 11 is 0. The maximum Gasteiger partial charge on any atom is 0.416 e. The lowest BCUT2D eigenvalue weighted by Crippen LogP contribution is -2.39. The van der Waals surface area contributed by atoms with Gasteiger partial charge in [0, 0.05) is 12.6 Å². The van der Waals surface area contributed by atoms with Gasteiger partial charge in [0.2, 0.25) is 5.69 Å². The molecular formula is C17H18F3N5. The molecule has 1 aromatic carbocycles. The monoisotopic (exact) mass is 349 g/mol. The van der Waals surface area contributed by atoms with Crippen molar-refractivity contribution in [1.29, 1.82) is 5.26 Å². The van der Waals surface area contributed by atoms with Crippen LogP contribution in [0.15, 0.2) is 24.3 Å². The molecule has 0 unspecified atom stereocenters. The normalized spacial score (nSPS) is 18.2. The van der Waals surface area contributed by atoms with E-state index in [0.29, 0.717) is 5.82 Å². The second-order valence-corrected chi connectivity index (χ2v) is 6.07. The van der Waals surface area contributed by atoms with E-state index >= 15 is 0 Å². The van der Waals surface area contributed by atoms with Crippen molar-refractivity contribution >= 4 is 5.82 Å². The molecule has 0 saturated carbocycles. The molecule has 1 aliphatic rings. The largest absolute Gasteiger partial charge is 0.416 e. The van der Waals surface area contributed by atoms with Crippen LogP contribution >= 0.6 is 0 Å². The third-order valence-electron chi connectivity index (χ3n) is 4.48. The fraction of sp³-hybridized carbons (Fsp3) is 0.471. The van der Waals surface area contributed by atoms with Gasteiger partial charge >= 0.3 is 6.18 Å². The number of aromatic nitrogens is 3. The number of nitriles is 1. The Morgan fingerprint density at radius 3 is 2.76 bits per heavy atom. The molecule has 1 aromatic heterocycles. The van der Waals surface area contributed by atoms with E-state index in [-0.39, 0.29) is 17.4 Å². The minimum atomic E-state index is -4.44. The molecule has 132 valence electrons. The molecule has 8 heteroatoms. The Morgan fingerprint density at radius 2 is 2.08 bits per heavy atom. The number of alkyl halides is 3. The summed E-state index contributed by atoms with van der Waals surface area (Å²) < 4.78 is 38.7. The molecule has 1 aliphatic heterocycles. The van der Waals surface area contributed by atoms with Gasteiger partial charge in [-0.05, 0) is 43.9 Å². The van der Waals surface area contributed by atoms with Crippen LogP contribution in [0.1, 0.15) is 43.9 Å². The van der Waals surface area contributed by atoms with Gasteiger partial charge in [0.1, 0.15) is 6.07 Å². The van der Waals surface area contributed by atoms with E-state index in [1.54, 1.807) is 0 Å². The first-order chi connectivity index (χ1) is 11.9. The van der Waals surface area contributed by atoms with Crippen molar-refractivity contribution in [1.82, 2.24) is 15.0 Å². The van der Waals surface area contributed by atoms with Crippen LogP contribution in [-0.2, 0) is 6.18 Å². The zero-order valence-electron chi connectivity index (χ0n) is 13.8. The van der Waals surface area contributed by atoms with Gasteiger partial charge < -0.3 is 4.90 Å². The third-order valence-corrected chi connectivity index (χ3v) is 4.48. The van der Waals surface area contributed by atoms with Gasteiger partial charge in [-0.2, -0.15) is 18.4 Å². The smallest absolute Gasteiger partial charge is 0.350 e. The molecular weight excluding hydrogens is 331 g/mol. The number of halogens is 3. The Kier molecular flexibility index (Phi) is 4.66. The van der Waals surface area contributed by atoms with E-state index in [4.69, 9.17) is 0 Å². The predicted molar refractivity (Wildman–Crippen MR) is 86.4 cm³/mol. The summed E-state index contributed by atoms with van der Waals surface area (Å²) in [6, 6.07) is 7.07. The first-order valence-corrected chi connectivity index (χ1v) is 8.25. The summed E-state index contributed by atoms with van der Waals surface area (Å²) in [5.41, 5.74) is -0.452. The topological polar surface area (TPSA) is 57.7 Å². The standard InChI is InChI=1S/C17H18F3N5/c1-2-13-7-3-4-9-24(13)16-15(11-21)22-25(23-16)14-8-5-6-12(10-14)17(18,19)20/h5-6,8,10,13H,2-4,7,9H2,1H3/t13-/m0/s1. The highest BCUT2D eigenvalue weighted by molar-refractivity contribution is 5.51.